The number of fused-ring (bicyclic) bond motifs is 3. The zero-order valence-electron chi connectivity index (χ0n) is 18.2. The number of aromatic nitrogens is 3. The zero-order chi connectivity index (χ0) is 26.4. The van der Waals surface area contributed by atoms with Crippen LogP contribution < -0.4 is 4.74 Å². The van der Waals surface area contributed by atoms with Crippen LogP contribution in [0.2, 0.25) is 5.02 Å². The lowest BCUT2D eigenvalue weighted by molar-refractivity contribution is -0.141. The average Bonchev–Trinajstić information content (AvgIpc) is 3.18. The van der Waals surface area contributed by atoms with E-state index >= 15 is 0 Å². The van der Waals surface area contributed by atoms with Crippen molar-refractivity contribution in [3.8, 4) is 11.4 Å². The van der Waals surface area contributed by atoms with Gasteiger partial charge in [0, 0.05) is 11.1 Å². The van der Waals surface area contributed by atoms with Crippen molar-refractivity contribution in [3.63, 3.8) is 0 Å². The minimum absolute atomic E-state index is 0.0117. The minimum Gasteiger partial charge on any atom is -0.492 e. The monoisotopic (exact) mass is 551 g/mol. The van der Waals surface area contributed by atoms with Gasteiger partial charge in [-0.05, 0) is 42.8 Å². The second kappa shape index (κ2) is 9.49. The highest BCUT2D eigenvalue weighted by Gasteiger charge is 2.43. The van der Waals surface area contributed by atoms with E-state index in [9.17, 15) is 31.9 Å². The quantitative estimate of drug-likeness (QED) is 0.287. The molecule has 192 valence electrons. The molecule has 7 nitrogen and oxygen atoms in total. The Bertz CT molecular complexity index is 1310. The van der Waals surface area contributed by atoms with Crippen LogP contribution in [0.5, 0.6) is 5.75 Å². The molecule has 0 bridgehead atoms. The maximum atomic E-state index is 14.2. The van der Waals surface area contributed by atoms with Gasteiger partial charge < -0.3 is 14.6 Å². The van der Waals surface area contributed by atoms with Crippen molar-refractivity contribution in [1.29, 1.82) is 0 Å². The molecular weight excluding hydrogens is 536 g/mol. The van der Waals surface area contributed by atoms with Gasteiger partial charge in [-0.3, -0.25) is 9.36 Å². The first-order chi connectivity index (χ1) is 16.8. The second-order valence-corrected chi connectivity index (χ2v) is 8.53. The van der Waals surface area contributed by atoms with Crippen molar-refractivity contribution in [3.05, 3.63) is 69.8 Å². The van der Waals surface area contributed by atoms with E-state index in [1.807, 2.05) is 0 Å². The number of benzene rings is 2. The summed E-state index contributed by atoms with van der Waals surface area (Å²) in [6.07, 6.45) is -8.51. The first-order valence-corrected chi connectivity index (χ1v) is 11.1. The summed E-state index contributed by atoms with van der Waals surface area (Å²) in [5.41, 5.74) is -1.43. The maximum absolute atomic E-state index is 14.2. The van der Waals surface area contributed by atoms with Gasteiger partial charge in [0.2, 0.25) is 5.82 Å². The number of carboxylic acid groups (broad SMARTS) is 1. The lowest BCUT2D eigenvalue weighted by Crippen LogP contribution is -2.17. The Kier molecular flexibility index (Phi) is 6.88. The van der Waals surface area contributed by atoms with Gasteiger partial charge in [0.1, 0.15) is 18.0 Å². The molecule has 1 N–H and O–H groups in total. The molecule has 1 aliphatic heterocycles. The van der Waals surface area contributed by atoms with Gasteiger partial charge in [0.05, 0.1) is 29.3 Å². The number of carbonyl (C=O) groups is 1. The van der Waals surface area contributed by atoms with Gasteiger partial charge in [-0.15, -0.1) is 10.2 Å². The number of carboxylic acids is 1. The number of alkyl halides is 6. The number of ether oxygens (including phenoxy) is 2. The number of hydrogen-bond donors (Lipinski definition) is 1. The SMILES string of the molecule is CCOc1cccc([C@H]2O[C@H](CC(=O)O)c3nnc(C(F)(F)Cl)n3-c3ccc(C(F)(F)F)cc32)c1Cl. The molecule has 1 aliphatic rings. The summed E-state index contributed by atoms with van der Waals surface area (Å²) in [4.78, 5) is 11.6. The molecule has 0 radical (unpaired) electrons. The van der Waals surface area contributed by atoms with E-state index in [1.54, 1.807) is 6.92 Å². The largest absolute Gasteiger partial charge is 0.492 e. The summed E-state index contributed by atoms with van der Waals surface area (Å²) < 4.78 is 81.6. The van der Waals surface area contributed by atoms with Crippen molar-refractivity contribution in [1.82, 2.24) is 14.8 Å². The smallest absolute Gasteiger partial charge is 0.416 e. The third kappa shape index (κ3) is 4.84. The molecule has 1 aromatic heterocycles. The van der Waals surface area contributed by atoms with Crippen LogP contribution in [0.1, 0.15) is 53.9 Å². The molecule has 0 amide bonds. The van der Waals surface area contributed by atoms with E-state index in [2.05, 4.69) is 10.2 Å². The Morgan fingerprint density at radius 2 is 1.89 bits per heavy atom. The summed E-state index contributed by atoms with van der Waals surface area (Å²) >= 11 is 11.7. The molecule has 2 heterocycles. The van der Waals surface area contributed by atoms with Gasteiger partial charge in [0.15, 0.2) is 5.82 Å². The van der Waals surface area contributed by atoms with Gasteiger partial charge >= 0.3 is 17.5 Å². The summed E-state index contributed by atoms with van der Waals surface area (Å²) in [5, 5.41) is 12.4. The molecule has 36 heavy (non-hydrogen) atoms. The fourth-order valence-corrected chi connectivity index (χ4v) is 4.31. The molecule has 0 fully saturated rings. The van der Waals surface area contributed by atoms with Crippen LogP contribution in [0.4, 0.5) is 22.0 Å². The molecule has 0 spiro atoms. The van der Waals surface area contributed by atoms with Crippen molar-refractivity contribution in [2.24, 2.45) is 0 Å². The molecule has 0 unspecified atom stereocenters. The van der Waals surface area contributed by atoms with Crippen LogP contribution >= 0.6 is 23.2 Å². The lowest BCUT2D eigenvalue weighted by Gasteiger charge is -2.24. The Morgan fingerprint density at radius 1 is 1.17 bits per heavy atom. The van der Waals surface area contributed by atoms with Gasteiger partial charge in [-0.1, -0.05) is 23.7 Å². The fourth-order valence-electron chi connectivity index (χ4n) is 3.90. The first-order valence-electron chi connectivity index (χ1n) is 10.3. The maximum Gasteiger partial charge on any atom is 0.416 e. The van der Waals surface area contributed by atoms with Crippen LogP contribution in [-0.2, 0) is 21.1 Å². The van der Waals surface area contributed by atoms with E-state index in [0.29, 0.717) is 12.1 Å². The molecule has 0 saturated carbocycles. The topological polar surface area (TPSA) is 86.5 Å². The van der Waals surface area contributed by atoms with E-state index < -0.39 is 47.5 Å². The fraction of sp³-hybridized carbons (Fsp3) is 0.318. The third-order valence-electron chi connectivity index (χ3n) is 5.34. The van der Waals surface area contributed by atoms with Gasteiger partial charge in [-0.25, -0.2) is 0 Å². The van der Waals surface area contributed by atoms with Crippen LogP contribution in [0.25, 0.3) is 5.69 Å². The number of aliphatic carboxylic acids is 1. The normalized spacial score (nSPS) is 17.8. The summed E-state index contributed by atoms with van der Waals surface area (Å²) in [5.74, 6) is -2.69. The molecule has 4 rings (SSSR count). The molecule has 0 saturated heterocycles. The van der Waals surface area contributed by atoms with Crippen molar-refractivity contribution >= 4 is 29.2 Å². The lowest BCUT2D eigenvalue weighted by atomic mass is 9.97. The molecule has 2 atom stereocenters. The second-order valence-electron chi connectivity index (χ2n) is 7.68. The zero-order valence-corrected chi connectivity index (χ0v) is 19.7. The van der Waals surface area contributed by atoms with Gasteiger partial charge in [-0.2, -0.15) is 22.0 Å². The predicted molar refractivity (Wildman–Crippen MR) is 117 cm³/mol. The predicted octanol–water partition coefficient (Wildman–Crippen LogP) is 6.26. The molecule has 2 aromatic carbocycles. The highest BCUT2D eigenvalue weighted by Crippen LogP contribution is 2.47. The summed E-state index contributed by atoms with van der Waals surface area (Å²) in [6, 6.07) is 6.82. The Hall–Kier alpha value is -2.96. The first kappa shape index (κ1) is 26.1. The Labute approximate surface area is 210 Å². The van der Waals surface area contributed by atoms with Crippen molar-refractivity contribution in [2.75, 3.05) is 6.61 Å². The molecule has 14 heteroatoms. The number of halogens is 7. The summed E-state index contributed by atoms with van der Waals surface area (Å²) in [7, 11) is 0. The highest BCUT2D eigenvalue weighted by molar-refractivity contribution is 6.33. The molecule has 0 aliphatic carbocycles. The minimum atomic E-state index is -4.79. The van der Waals surface area contributed by atoms with Crippen LogP contribution in [0, 0.1) is 0 Å². The van der Waals surface area contributed by atoms with Crippen molar-refractivity contribution < 1.29 is 41.3 Å². The van der Waals surface area contributed by atoms with E-state index in [1.165, 1.54) is 18.2 Å². The third-order valence-corrected chi connectivity index (χ3v) is 5.92. The van der Waals surface area contributed by atoms with Crippen LogP contribution in [0.15, 0.2) is 36.4 Å². The van der Waals surface area contributed by atoms with Gasteiger partial charge in [0.25, 0.3) is 0 Å². The standard InChI is InChI=1S/C22H16Cl2F5N3O4/c1-2-35-14-5-3-4-11(17(14)23)18-12-8-10(22(27,28)29)6-7-13(12)32-19(15(36-18)9-16(33)34)30-31-20(32)21(24,25)26/h3-8,15,18H,2,9H2,1H3,(H,33,34)/t15-,18-/m1/s1. The highest BCUT2D eigenvalue weighted by atomic mass is 35.5. The Morgan fingerprint density at radius 3 is 2.50 bits per heavy atom. The van der Waals surface area contributed by atoms with E-state index in [-0.39, 0.29) is 40.0 Å². The van der Waals surface area contributed by atoms with E-state index in [4.69, 9.17) is 32.7 Å². The van der Waals surface area contributed by atoms with Crippen LogP contribution in [-0.4, -0.2) is 32.4 Å². The Balaban J connectivity index is 2.05. The summed E-state index contributed by atoms with van der Waals surface area (Å²) in [6.45, 7) is 1.92. The number of rotatable bonds is 6. The molecular formula is C22H16Cl2F5N3O4. The van der Waals surface area contributed by atoms with Crippen molar-refractivity contribution in [2.45, 2.75) is 37.1 Å². The van der Waals surface area contributed by atoms with E-state index in [0.717, 1.165) is 10.6 Å². The average molecular weight is 552 g/mol. The number of hydrogen-bond acceptors (Lipinski definition) is 5. The number of nitrogens with zero attached hydrogens (tertiary/aromatic N) is 3. The van der Waals surface area contributed by atoms with Crippen LogP contribution in [0.3, 0.4) is 0 Å². The molecule has 3 aromatic rings.